The van der Waals surface area contributed by atoms with Gasteiger partial charge in [0.1, 0.15) is 6.54 Å². The minimum Gasteiger partial charge on any atom is -0.324 e. The molecule has 162 valence electrons. The Kier molecular flexibility index (Phi) is 6.26. The van der Waals surface area contributed by atoms with Crippen molar-refractivity contribution >= 4 is 40.6 Å². The highest BCUT2D eigenvalue weighted by Gasteiger charge is 2.36. The van der Waals surface area contributed by atoms with Crippen molar-refractivity contribution in [3.8, 4) is 0 Å². The molecule has 5 nitrogen and oxygen atoms in total. The summed E-state index contributed by atoms with van der Waals surface area (Å²) >= 11 is 0.584. The molecule has 9 heteroatoms. The first-order valence-corrected chi connectivity index (χ1v) is 10.1. The standard InChI is InChI=1S/C22H19F3N2O3S/c1-12-7-13(2)19(14(3)8-12)26-18(28)11-27-20(29)17(31-21(27)30)10-15-5-4-6-16(9-15)22(23,24)25/h4-10H,11H2,1-3H3,(H,26,28)/b17-10+. The minimum absolute atomic E-state index is 0.0418. The van der Waals surface area contributed by atoms with Crippen molar-refractivity contribution in [2.45, 2.75) is 26.9 Å². The summed E-state index contributed by atoms with van der Waals surface area (Å²) in [6, 6.07) is 8.24. The summed E-state index contributed by atoms with van der Waals surface area (Å²) in [5.41, 5.74) is 2.63. The molecular weight excluding hydrogens is 429 g/mol. The number of anilines is 1. The van der Waals surface area contributed by atoms with Gasteiger partial charge in [-0.2, -0.15) is 13.2 Å². The lowest BCUT2D eigenvalue weighted by molar-refractivity contribution is -0.137. The molecule has 0 radical (unpaired) electrons. The molecule has 1 heterocycles. The smallest absolute Gasteiger partial charge is 0.324 e. The van der Waals surface area contributed by atoms with E-state index in [4.69, 9.17) is 0 Å². The molecular formula is C22H19F3N2O3S. The van der Waals surface area contributed by atoms with E-state index in [0.29, 0.717) is 17.4 Å². The Bertz CT molecular complexity index is 1090. The van der Waals surface area contributed by atoms with Crippen molar-refractivity contribution in [2.75, 3.05) is 11.9 Å². The molecule has 1 aliphatic rings. The second kappa shape index (κ2) is 8.58. The third-order valence-corrected chi connectivity index (χ3v) is 5.54. The van der Waals surface area contributed by atoms with Crippen LogP contribution in [0.15, 0.2) is 41.3 Å². The van der Waals surface area contributed by atoms with E-state index in [0.717, 1.165) is 33.7 Å². The van der Waals surface area contributed by atoms with Gasteiger partial charge in [-0.25, -0.2) is 0 Å². The number of halogens is 3. The number of nitrogens with zero attached hydrogens (tertiary/aromatic N) is 1. The molecule has 0 aromatic heterocycles. The van der Waals surface area contributed by atoms with Crippen molar-refractivity contribution < 1.29 is 27.6 Å². The fourth-order valence-corrected chi connectivity index (χ4v) is 4.13. The van der Waals surface area contributed by atoms with Gasteiger partial charge in [0.25, 0.3) is 11.1 Å². The van der Waals surface area contributed by atoms with Gasteiger partial charge in [0.05, 0.1) is 10.5 Å². The first-order chi connectivity index (χ1) is 14.5. The van der Waals surface area contributed by atoms with E-state index in [9.17, 15) is 27.6 Å². The molecule has 2 aromatic carbocycles. The average molecular weight is 448 g/mol. The van der Waals surface area contributed by atoms with Gasteiger partial charge in [-0.15, -0.1) is 0 Å². The van der Waals surface area contributed by atoms with Crippen LogP contribution in [0.1, 0.15) is 27.8 Å². The molecule has 0 atom stereocenters. The van der Waals surface area contributed by atoms with Crippen molar-refractivity contribution in [3.05, 3.63) is 69.1 Å². The highest BCUT2D eigenvalue weighted by Crippen LogP contribution is 2.34. The summed E-state index contributed by atoms with van der Waals surface area (Å²) in [4.78, 5) is 38.0. The number of carbonyl (C=O) groups excluding carboxylic acids is 3. The topological polar surface area (TPSA) is 66.5 Å². The summed E-state index contributed by atoms with van der Waals surface area (Å²) in [5, 5.41) is 2.07. The summed E-state index contributed by atoms with van der Waals surface area (Å²) in [6.45, 7) is 5.13. The number of thioether (sulfide) groups is 1. The zero-order valence-corrected chi connectivity index (χ0v) is 17.8. The van der Waals surface area contributed by atoms with Gasteiger partial charge in [0, 0.05) is 5.69 Å². The van der Waals surface area contributed by atoms with Gasteiger partial charge in [-0.05, 0) is 67.4 Å². The zero-order valence-electron chi connectivity index (χ0n) is 17.0. The lowest BCUT2D eigenvalue weighted by Crippen LogP contribution is -2.36. The van der Waals surface area contributed by atoms with Gasteiger partial charge >= 0.3 is 6.18 Å². The largest absolute Gasteiger partial charge is 0.416 e. The first-order valence-electron chi connectivity index (χ1n) is 9.26. The number of amides is 3. The maximum Gasteiger partial charge on any atom is 0.416 e. The lowest BCUT2D eigenvalue weighted by Gasteiger charge is -2.15. The molecule has 2 aromatic rings. The Morgan fingerprint density at radius 2 is 1.74 bits per heavy atom. The van der Waals surface area contributed by atoms with Crippen LogP contribution in [0.4, 0.5) is 23.7 Å². The van der Waals surface area contributed by atoms with Crippen molar-refractivity contribution in [1.29, 1.82) is 0 Å². The van der Waals surface area contributed by atoms with E-state index < -0.39 is 35.3 Å². The highest BCUT2D eigenvalue weighted by atomic mass is 32.2. The molecule has 1 N–H and O–H groups in total. The van der Waals surface area contributed by atoms with Gasteiger partial charge in [-0.3, -0.25) is 19.3 Å². The Balaban J connectivity index is 1.75. The van der Waals surface area contributed by atoms with E-state index in [2.05, 4.69) is 5.32 Å². The molecule has 3 amide bonds. The third kappa shape index (κ3) is 5.16. The maximum absolute atomic E-state index is 12.9. The fourth-order valence-electron chi connectivity index (χ4n) is 3.29. The Labute approximate surface area is 181 Å². The van der Waals surface area contributed by atoms with E-state index >= 15 is 0 Å². The average Bonchev–Trinajstić information content (AvgIpc) is 2.91. The second-order valence-corrected chi connectivity index (χ2v) is 8.21. The third-order valence-electron chi connectivity index (χ3n) is 4.63. The molecule has 0 unspecified atom stereocenters. The van der Waals surface area contributed by atoms with Crippen LogP contribution in [-0.2, 0) is 15.8 Å². The molecule has 1 fully saturated rings. The summed E-state index contributed by atoms with van der Waals surface area (Å²) in [7, 11) is 0. The van der Waals surface area contributed by atoms with Crippen LogP contribution in [0, 0.1) is 20.8 Å². The monoisotopic (exact) mass is 448 g/mol. The van der Waals surface area contributed by atoms with Crippen LogP contribution in [0.25, 0.3) is 6.08 Å². The summed E-state index contributed by atoms with van der Waals surface area (Å²) in [5.74, 6) is -1.27. The van der Waals surface area contributed by atoms with E-state index in [1.165, 1.54) is 18.2 Å². The predicted octanol–water partition coefficient (Wildman–Crippen LogP) is 5.31. The number of alkyl halides is 3. The minimum atomic E-state index is -4.52. The SMILES string of the molecule is Cc1cc(C)c(NC(=O)CN2C(=O)S/C(=C/c3cccc(C(F)(F)F)c3)C2=O)c(C)c1. The first kappa shape index (κ1) is 22.6. The number of hydrogen-bond acceptors (Lipinski definition) is 4. The summed E-state index contributed by atoms with van der Waals surface area (Å²) < 4.78 is 38.7. The van der Waals surface area contributed by atoms with Crippen LogP contribution in [0.3, 0.4) is 0 Å². The van der Waals surface area contributed by atoms with Crippen LogP contribution in [-0.4, -0.2) is 28.5 Å². The van der Waals surface area contributed by atoms with Crippen molar-refractivity contribution in [1.82, 2.24) is 4.90 Å². The van der Waals surface area contributed by atoms with Crippen molar-refractivity contribution in [2.24, 2.45) is 0 Å². The number of hydrogen-bond donors (Lipinski definition) is 1. The van der Waals surface area contributed by atoms with Gasteiger partial charge < -0.3 is 5.32 Å². The van der Waals surface area contributed by atoms with Crippen LogP contribution in [0.2, 0.25) is 0 Å². The maximum atomic E-state index is 12.9. The summed E-state index contributed by atoms with van der Waals surface area (Å²) in [6.07, 6.45) is -3.31. The molecule has 3 rings (SSSR count). The van der Waals surface area contributed by atoms with Crippen LogP contribution >= 0.6 is 11.8 Å². The van der Waals surface area contributed by atoms with Crippen LogP contribution in [0.5, 0.6) is 0 Å². The predicted molar refractivity (Wildman–Crippen MR) is 113 cm³/mol. The molecule has 0 aliphatic carbocycles. The number of aryl methyl sites for hydroxylation is 3. The second-order valence-electron chi connectivity index (χ2n) is 7.21. The fraction of sp³-hybridized carbons (Fsp3) is 0.227. The number of benzene rings is 2. The molecule has 1 aliphatic heterocycles. The van der Waals surface area contributed by atoms with Crippen molar-refractivity contribution in [3.63, 3.8) is 0 Å². The number of nitrogens with one attached hydrogen (secondary N) is 1. The van der Waals surface area contributed by atoms with E-state index in [1.807, 2.05) is 32.9 Å². The van der Waals surface area contributed by atoms with Gasteiger partial charge in [0.15, 0.2) is 0 Å². The number of carbonyl (C=O) groups is 3. The zero-order chi connectivity index (χ0) is 22.9. The van der Waals surface area contributed by atoms with Gasteiger partial charge in [0.2, 0.25) is 5.91 Å². The molecule has 0 saturated carbocycles. The van der Waals surface area contributed by atoms with E-state index in [-0.39, 0.29) is 10.5 Å². The number of imide groups is 1. The molecule has 0 spiro atoms. The Morgan fingerprint density at radius 1 is 1.10 bits per heavy atom. The Morgan fingerprint density at radius 3 is 2.35 bits per heavy atom. The molecule has 31 heavy (non-hydrogen) atoms. The normalized spacial score (nSPS) is 15.7. The highest BCUT2D eigenvalue weighted by molar-refractivity contribution is 8.18. The quantitative estimate of drug-likeness (QED) is 0.644. The van der Waals surface area contributed by atoms with Crippen LogP contribution < -0.4 is 5.32 Å². The lowest BCUT2D eigenvalue weighted by atomic mass is 10.1. The number of rotatable bonds is 4. The molecule has 1 saturated heterocycles. The van der Waals surface area contributed by atoms with E-state index in [1.54, 1.807) is 0 Å². The van der Waals surface area contributed by atoms with Gasteiger partial charge in [-0.1, -0.05) is 29.8 Å². The Hall–Kier alpha value is -3.07. The molecule has 0 bridgehead atoms.